The third-order valence-electron chi connectivity index (χ3n) is 4.16. The summed E-state index contributed by atoms with van der Waals surface area (Å²) in [5, 5.41) is 23.3. The number of rotatable bonds is 6. The summed E-state index contributed by atoms with van der Waals surface area (Å²) in [4.78, 5) is 38.2. The summed E-state index contributed by atoms with van der Waals surface area (Å²) in [6.45, 7) is 0. The Labute approximate surface area is 166 Å². The van der Waals surface area contributed by atoms with E-state index in [4.69, 9.17) is 4.42 Å². The number of carboxylic acids is 1. The first-order valence-electron chi connectivity index (χ1n) is 8.08. The van der Waals surface area contributed by atoms with Gasteiger partial charge in [0.15, 0.2) is 0 Å². The van der Waals surface area contributed by atoms with Crippen LogP contribution in [0.25, 0.3) is 0 Å². The molecule has 4 heterocycles. The molecule has 2 aromatic rings. The number of thioether (sulfide) groups is 2. The lowest BCUT2D eigenvalue weighted by atomic mass is 10.0. The molecule has 1 fully saturated rings. The number of furan rings is 1. The Balaban J connectivity index is 1.50. The predicted molar refractivity (Wildman–Crippen MR) is 96.8 cm³/mol. The highest BCUT2D eigenvalue weighted by molar-refractivity contribution is 8.06. The SMILES string of the molecule is Cn1nnnc1SC1=C(C(=O)O)N2C(=O)C(NC(=O)Cc3ccco3)[C@H]2SC1. The van der Waals surface area contributed by atoms with Gasteiger partial charge in [-0.2, -0.15) is 0 Å². The number of aryl methyl sites for hydroxylation is 1. The maximum atomic E-state index is 12.6. The second-order valence-electron chi connectivity index (χ2n) is 5.98. The number of hydrogen-bond acceptors (Lipinski definition) is 9. The molecule has 0 bridgehead atoms. The number of nitrogens with zero attached hydrogens (tertiary/aromatic N) is 5. The smallest absolute Gasteiger partial charge is 0.353 e. The number of amides is 2. The highest BCUT2D eigenvalue weighted by Crippen LogP contribution is 2.44. The van der Waals surface area contributed by atoms with Crippen molar-refractivity contribution in [2.24, 2.45) is 7.05 Å². The fourth-order valence-electron chi connectivity index (χ4n) is 2.88. The molecule has 28 heavy (non-hydrogen) atoms. The molecule has 146 valence electrons. The molecule has 11 nitrogen and oxygen atoms in total. The zero-order chi connectivity index (χ0) is 19.8. The summed E-state index contributed by atoms with van der Waals surface area (Å²) in [7, 11) is 1.64. The fraction of sp³-hybridized carbons (Fsp3) is 0.333. The molecule has 0 saturated carbocycles. The molecule has 2 N–H and O–H groups in total. The van der Waals surface area contributed by atoms with E-state index in [1.165, 1.54) is 27.6 Å². The van der Waals surface area contributed by atoms with Crippen molar-refractivity contribution in [3.05, 3.63) is 34.8 Å². The Hall–Kier alpha value is -2.80. The van der Waals surface area contributed by atoms with Gasteiger partial charge in [-0.05, 0) is 34.3 Å². The Kier molecular flexibility index (Phi) is 4.85. The molecule has 2 aromatic heterocycles. The van der Waals surface area contributed by atoms with Crippen LogP contribution in [0.15, 0.2) is 38.6 Å². The highest BCUT2D eigenvalue weighted by Gasteiger charge is 2.54. The molecule has 0 aromatic carbocycles. The quantitative estimate of drug-likeness (QED) is 0.602. The van der Waals surface area contributed by atoms with Gasteiger partial charge in [-0.1, -0.05) is 0 Å². The van der Waals surface area contributed by atoms with E-state index in [0.717, 1.165) is 11.8 Å². The maximum Gasteiger partial charge on any atom is 0.353 e. The molecule has 2 aliphatic heterocycles. The van der Waals surface area contributed by atoms with Gasteiger partial charge in [0.25, 0.3) is 5.91 Å². The standard InChI is InChI=1S/C15H14N6O5S2/c1-20-15(17-18-19-20)28-8-6-27-13-10(12(23)21(13)11(8)14(24)25)16-9(22)5-7-3-2-4-26-7/h2-4,10,13H,5-6H2,1H3,(H,16,22)(H,24,25)/t10?,13-/m1/s1. The predicted octanol–water partition coefficient (Wildman–Crippen LogP) is -0.166. The van der Waals surface area contributed by atoms with Crippen LogP contribution in [0.4, 0.5) is 0 Å². The molecule has 0 radical (unpaired) electrons. The largest absolute Gasteiger partial charge is 0.477 e. The van der Waals surface area contributed by atoms with Crippen LogP contribution in [-0.4, -0.2) is 65.2 Å². The highest BCUT2D eigenvalue weighted by atomic mass is 32.2. The maximum absolute atomic E-state index is 12.6. The Bertz CT molecular complexity index is 971. The number of aliphatic carboxylic acids is 1. The van der Waals surface area contributed by atoms with Gasteiger partial charge in [0.2, 0.25) is 11.1 Å². The second-order valence-corrected chi connectivity index (χ2v) is 8.14. The summed E-state index contributed by atoms with van der Waals surface area (Å²) >= 11 is 2.48. The molecule has 4 rings (SSSR count). The molecule has 0 aliphatic carbocycles. The van der Waals surface area contributed by atoms with E-state index < -0.39 is 23.3 Å². The summed E-state index contributed by atoms with van der Waals surface area (Å²) in [5.74, 6) is -1.19. The fourth-order valence-corrected chi connectivity index (χ4v) is 5.27. The number of carboxylic acid groups (broad SMARTS) is 1. The van der Waals surface area contributed by atoms with Crippen molar-refractivity contribution in [2.45, 2.75) is 23.0 Å². The van der Waals surface area contributed by atoms with Gasteiger partial charge in [0.1, 0.15) is 22.9 Å². The monoisotopic (exact) mass is 422 g/mol. The number of carbonyl (C=O) groups excluding carboxylic acids is 2. The number of β-lactam (4-membered cyclic amide) rings is 1. The van der Waals surface area contributed by atoms with Crippen LogP contribution in [-0.2, 0) is 27.9 Å². The summed E-state index contributed by atoms with van der Waals surface area (Å²) in [6, 6.07) is 2.57. The van der Waals surface area contributed by atoms with Crippen LogP contribution in [0, 0.1) is 0 Å². The van der Waals surface area contributed by atoms with E-state index >= 15 is 0 Å². The van der Waals surface area contributed by atoms with Crippen LogP contribution >= 0.6 is 23.5 Å². The summed E-state index contributed by atoms with van der Waals surface area (Å²) in [6.07, 6.45) is 1.47. The number of aromatic nitrogens is 4. The van der Waals surface area contributed by atoms with E-state index in [9.17, 15) is 19.5 Å². The topological polar surface area (TPSA) is 143 Å². The number of nitrogens with one attached hydrogen (secondary N) is 1. The number of hydrogen-bond donors (Lipinski definition) is 2. The number of fused-ring (bicyclic) bond motifs is 1. The van der Waals surface area contributed by atoms with Crippen LogP contribution in [0.2, 0.25) is 0 Å². The first-order valence-corrected chi connectivity index (χ1v) is 9.95. The Morgan fingerprint density at radius 1 is 1.50 bits per heavy atom. The minimum atomic E-state index is -1.21. The van der Waals surface area contributed by atoms with E-state index in [1.807, 2.05) is 0 Å². The molecule has 2 aliphatic rings. The summed E-state index contributed by atoms with van der Waals surface area (Å²) < 4.78 is 6.55. The minimum absolute atomic E-state index is 0.00997. The second kappa shape index (κ2) is 7.31. The van der Waals surface area contributed by atoms with E-state index in [-0.39, 0.29) is 18.0 Å². The molecular formula is C15H14N6O5S2. The lowest BCUT2D eigenvalue weighted by Crippen LogP contribution is -2.70. The van der Waals surface area contributed by atoms with Crippen LogP contribution in [0.5, 0.6) is 0 Å². The third kappa shape index (κ3) is 3.26. The van der Waals surface area contributed by atoms with Crippen LogP contribution < -0.4 is 5.32 Å². The summed E-state index contributed by atoms with van der Waals surface area (Å²) in [5.41, 5.74) is -0.0988. The number of carbonyl (C=O) groups is 3. The van der Waals surface area contributed by atoms with Crippen molar-refractivity contribution in [2.75, 3.05) is 5.75 Å². The van der Waals surface area contributed by atoms with Crippen molar-refractivity contribution in [1.82, 2.24) is 30.4 Å². The van der Waals surface area contributed by atoms with Crippen molar-refractivity contribution in [3.8, 4) is 0 Å². The zero-order valence-electron chi connectivity index (χ0n) is 14.4. The van der Waals surface area contributed by atoms with Gasteiger partial charge in [-0.3, -0.25) is 14.5 Å². The Morgan fingerprint density at radius 3 is 2.96 bits per heavy atom. The molecular weight excluding hydrogens is 408 g/mol. The van der Waals surface area contributed by atoms with Gasteiger partial charge < -0.3 is 14.8 Å². The molecule has 0 spiro atoms. The molecule has 1 unspecified atom stereocenters. The van der Waals surface area contributed by atoms with Crippen molar-refractivity contribution >= 4 is 41.3 Å². The minimum Gasteiger partial charge on any atom is -0.477 e. The molecule has 2 amide bonds. The van der Waals surface area contributed by atoms with Crippen LogP contribution in [0.1, 0.15) is 5.76 Å². The van der Waals surface area contributed by atoms with Crippen LogP contribution in [0.3, 0.4) is 0 Å². The number of tetrazole rings is 1. The van der Waals surface area contributed by atoms with E-state index in [2.05, 4.69) is 20.8 Å². The molecule has 1 saturated heterocycles. The average molecular weight is 422 g/mol. The average Bonchev–Trinajstić information content (AvgIpc) is 3.31. The van der Waals surface area contributed by atoms with Gasteiger partial charge in [-0.25, -0.2) is 9.48 Å². The first kappa shape index (κ1) is 18.6. The zero-order valence-corrected chi connectivity index (χ0v) is 16.1. The van der Waals surface area contributed by atoms with E-state index in [1.54, 1.807) is 19.2 Å². The Morgan fingerprint density at radius 2 is 2.32 bits per heavy atom. The molecule has 13 heteroatoms. The van der Waals surface area contributed by atoms with Gasteiger partial charge in [0, 0.05) is 17.7 Å². The normalized spacial score (nSPS) is 21.3. The van der Waals surface area contributed by atoms with Gasteiger partial charge >= 0.3 is 5.97 Å². The molecule has 2 atom stereocenters. The van der Waals surface area contributed by atoms with E-state index in [0.29, 0.717) is 21.6 Å². The van der Waals surface area contributed by atoms with Crippen molar-refractivity contribution < 1.29 is 23.9 Å². The van der Waals surface area contributed by atoms with Crippen molar-refractivity contribution in [1.29, 1.82) is 0 Å². The van der Waals surface area contributed by atoms with Gasteiger partial charge in [0.05, 0.1) is 12.7 Å². The lowest BCUT2D eigenvalue weighted by Gasteiger charge is -2.49. The third-order valence-corrected chi connectivity index (χ3v) is 6.74. The van der Waals surface area contributed by atoms with Crippen molar-refractivity contribution in [3.63, 3.8) is 0 Å². The first-order chi connectivity index (χ1) is 13.5. The van der Waals surface area contributed by atoms with Gasteiger partial charge in [-0.15, -0.1) is 16.9 Å². The lowest BCUT2D eigenvalue weighted by molar-refractivity contribution is -0.150.